The van der Waals surface area contributed by atoms with Crippen molar-refractivity contribution >= 4 is 45.1 Å². The molecule has 0 aliphatic carbocycles. The maximum absolute atomic E-state index is 2.27. The SMILES string of the molecule is CCCCSCC12SSC1S2. The fourth-order valence-electron chi connectivity index (χ4n) is 0.968. The van der Waals surface area contributed by atoms with Gasteiger partial charge in [-0.15, -0.1) is 11.8 Å². The zero-order valence-electron chi connectivity index (χ0n) is 6.54. The van der Waals surface area contributed by atoms with Gasteiger partial charge >= 0.3 is 0 Å². The molecule has 2 aliphatic rings. The first-order valence-corrected chi connectivity index (χ1v) is 8.22. The lowest BCUT2D eigenvalue weighted by Gasteiger charge is -2.19. The summed E-state index contributed by atoms with van der Waals surface area (Å²) in [7, 11) is 4.16. The molecule has 4 heteroatoms. The van der Waals surface area contributed by atoms with Gasteiger partial charge in [0.1, 0.15) is 4.08 Å². The Morgan fingerprint density at radius 2 is 2.45 bits per heavy atom. The standard InChI is InChI=1S/C7H12S4/c1-2-3-4-8-5-7-6(9-7)10-11-7/h6H,2-5H2,1H3. The molecule has 0 radical (unpaired) electrons. The molecule has 2 fully saturated rings. The molecule has 2 saturated heterocycles. The molecule has 2 rings (SSSR count). The van der Waals surface area contributed by atoms with Crippen molar-refractivity contribution in [3.63, 3.8) is 0 Å². The molecule has 0 nitrogen and oxygen atoms in total. The highest BCUT2D eigenvalue weighted by molar-refractivity contribution is 8.88. The zero-order chi connectivity index (χ0) is 7.73. The van der Waals surface area contributed by atoms with Gasteiger partial charge in [-0.3, -0.25) is 0 Å². The fraction of sp³-hybridized carbons (Fsp3) is 1.00. The van der Waals surface area contributed by atoms with Crippen LogP contribution in [0.3, 0.4) is 0 Å². The molecule has 11 heavy (non-hydrogen) atoms. The molecule has 2 heterocycles. The molecular weight excluding hydrogens is 212 g/mol. The van der Waals surface area contributed by atoms with Gasteiger partial charge in [-0.2, -0.15) is 11.8 Å². The zero-order valence-corrected chi connectivity index (χ0v) is 9.80. The van der Waals surface area contributed by atoms with E-state index in [9.17, 15) is 0 Å². The lowest BCUT2D eigenvalue weighted by Crippen LogP contribution is -2.16. The van der Waals surface area contributed by atoms with Crippen molar-refractivity contribution in [3.05, 3.63) is 0 Å². The average molecular weight is 224 g/mol. The Morgan fingerprint density at radius 3 is 2.91 bits per heavy atom. The minimum atomic E-state index is 0.697. The minimum absolute atomic E-state index is 0.697. The third kappa shape index (κ3) is 1.84. The van der Waals surface area contributed by atoms with Crippen molar-refractivity contribution in [2.45, 2.75) is 28.4 Å². The Labute approximate surface area is 84.8 Å². The van der Waals surface area contributed by atoms with Crippen LogP contribution in [0.25, 0.3) is 0 Å². The van der Waals surface area contributed by atoms with Crippen molar-refractivity contribution in [2.24, 2.45) is 0 Å². The summed E-state index contributed by atoms with van der Waals surface area (Å²) in [6, 6.07) is 0. The summed E-state index contributed by atoms with van der Waals surface area (Å²) >= 11 is 4.32. The second-order valence-electron chi connectivity index (χ2n) is 2.85. The average Bonchev–Trinajstić information content (AvgIpc) is 2.50. The summed E-state index contributed by atoms with van der Waals surface area (Å²) in [5.41, 5.74) is 0. The molecule has 0 aromatic rings. The monoisotopic (exact) mass is 224 g/mol. The van der Waals surface area contributed by atoms with E-state index in [-0.39, 0.29) is 0 Å². The Balaban J connectivity index is 1.54. The molecule has 0 saturated carbocycles. The van der Waals surface area contributed by atoms with Crippen molar-refractivity contribution in [3.8, 4) is 0 Å². The second kappa shape index (κ2) is 3.64. The smallest absolute Gasteiger partial charge is 0.103 e. The van der Waals surface area contributed by atoms with Crippen molar-refractivity contribution < 1.29 is 0 Å². The quantitative estimate of drug-likeness (QED) is 0.397. The molecule has 0 amide bonds. The van der Waals surface area contributed by atoms with E-state index in [1.807, 2.05) is 0 Å². The molecule has 2 aliphatic heterocycles. The molecule has 0 spiro atoms. The third-order valence-corrected chi connectivity index (χ3v) is 9.91. The van der Waals surface area contributed by atoms with E-state index in [0.717, 1.165) is 4.58 Å². The predicted octanol–water partition coefficient (Wildman–Crippen LogP) is 3.68. The minimum Gasteiger partial charge on any atom is -0.160 e. The van der Waals surface area contributed by atoms with Crippen LogP contribution in [0.15, 0.2) is 0 Å². The predicted molar refractivity (Wildman–Crippen MR) is 61.5 cm³/mol. The van der Waals surface area contributed by atoms with E-state index in [2.05, 4.69) is 52.0 Å². The first-order chi connectivity index (χ1) is 5.37. The van der Waals surface area contributed by atoms with Gasteiger partial charge < -0.3 is 0 Å². The van der Waals surface area contributed by atoms with Gasteiger partial charge in [0.15, 0.2) is 0 Å². The molecule has 0 N–H and O–H groups in total. The Hall–Kier alpha value is 1.40. The molecule has 2 unspecified atom stereocenters. The summed E-state index contributed by atoms with van der Waals surface area (Å²) in [5, 5.41) is 0. The van der Waals surface area contributed by atoms with E-state index in [4.69, 9.17) is 0 Å². The van der Waals surface area contributed by atoms with E-state index in [1.165, 1.54) is 24.3 Å². The summed E-state index contributed by atoms with van der Waals surface area (Å²) in [4.78, 5) is 0. The summed E-state index contributed by atoms with van der Waals surface area (Å²) in [5.74, 6) is 2.76. The number of unbranched alkanes of at least 4 members (excludes halogenated alkanes) is 1. The number of thioether (sulfide) groups is 2. The fourth-order valence-corrected chi connectivity index (χ4v) is 9.11. The van der Waals surface area contributed by atoms with Crippen LogP contribution >= 0.6 is 45.1 Å². The van der Waals surface area contributed by atoms with Crippen LogP contribution in [-0.2, 0) is 0 Å². The molecule has 2 atom stereocenters. The lowest BCUT2D eigenvalue weighted by atomic mass is 10.4. The highest BCUT2D eigenvalue weighted by atomic mass is 33.1. The van der Waals surface area contributed by atoms with Crippen LogP contribution in [-0.4, -0.2) is 20.2 Å². The van der Waals surface area contributed by atoms with Crippen molar-refractivity contribution in [1.82, 2.24) is 0 Å². The van der Waals surface area contributed by atoms with Crippen molar-refractivity contribution in [2.75, 3.05) is 11.5 Å². The Morgan fingerprint density at radius 1 is 1.55 bits per heavy atom. The molecule has 0 aromatic heterocycles. The van der Waals surface area contributed by atoms with Crippen LogP contribution in [0.5, 0.6) is 0 Å². The maximum atomic E-state index is 2.27. The van der Waals surface area contributed by atoms with Crippen LogP contribution in [0.1, 0.15) is 19.8 Å². The highest BCUT2D eigenvalue weighted by Crippen LogP contribution is 2.81. The second-order valence-corrected chi connectivity index (χ2v) is 8.58. The van der Waals surface area contributed by atoms with Crippen LogP contribution in [0, 0.1) is 0 Å². The Kier molecular flexibility index (Phi) is 2.97. The van der Waals surface area contributed by atoms with E-state index in [0.29, 0.717) is 4.08 Å². The van der Waals surface area contributed by atoms with Crippen LogP contribution in [0.4, 0.5) is 0 Å². The third-order valence-electron chi connectivity index (χ3n) is 1.83. The summed E-state index contributed by atoms with van der Waals surface area (Å²) < 4.78 is 1.67. The molecule has 0 aromatic carbocycles. The van der Waals surface area contributed by atoms with E-state index < -0.39 is 0 Å². The van der Waals surface area contributed by atoms with Gasteiger partial charge in [-0.05, 0) is 12.2 Å². The van der Waals surface area contributed by atoms with Gasteiger partial charge in [0, 0.05) is 5.75 Å². The normalized spacial score (nSPS) is 39.5. The maximum Gasteiger partial charge on any atom is 0.103 e. The molecular formula is C7H12S4. The van der Waals surface area contributed by atoms with Gasteiger partial charge in [0.05, 0.1) is 4.58 Å². The van der Waals surface area contributed by atoms with Gasteiger partial charge in [0.2, 0.25) is 0 Å². The first kappa shape index (κ1) is 8.97. The first-order valence-electron chi connectivity index (χ1n) is 3.97. The highest BCUT2D eigenvalue weighted by Gasteiger charge is 2.65. The summed E-state index contributed by atoms with van der Waals surface area (Å²) in [6.45, 7) is 2.27. The van der Waals surface area contributed by atoms with E-state index in [1.54, 1.807) is 0 Å². The van der Waals surface area contributed by atoms with E-state index >= 15 is 0 Å². The lowest BCUT2D eigenvalue weighted by molar-refractivity contribution is 0.895. The number of hydrogen-bond donors (Lipinski definition) is 0. The number of hydrogen-bond acceptors (Lipinski definition) is 4. The molecule has 64 valence electrons. The van der Waals surface area contributed by atoms with Gasteiger partial charge in [-0.1, -0.05) is 34.9 Å². The topological polar surface area (TPSA) is 0 Å². The Bertz CT molecular complexity index is 145. The number of rotatable bonds is 5. The van der Waals surface area contributed by atoms with Crippen molar-refractivity contribution in [1.29, 1.82) is 0 Å². The van der Waals surface area contributed by atoms with Crippen LogP contribution in [0.2, 0.25) is 0 Å². The van der Waals surface area contributed by atoms with Gasteiger partial charge in [-0.25, -0.2) is 0 Å². The summed E-state index contributed by atoms with van der Waals surface area (Å²) in [6.07, 6.45) is 2.74. The number of fused-ring (bicyclic) bond motifs is 1. The largest absolute Gasteiger partial charge is 0.160 e. The molecule has 0 bridgehead atoms. The van der Waals surface area contributed by atoms with Crippen LogP contribution < -0.4 is 0 Å². The van der Waals surface area contributed by atoms with Gasteiger partial charge in [0.25, 0.3) is 0 Å².